The Kier molecular flexibility index (Phi) is 5.86. The van der Waals surface area contributed by atoms with Gasteiger partial charge in [-0.15, -0.1) is 0 Å². The molecule has 3 rings (SSSR count). The second kappa shape index (κ2) is 8.49. The van der Waals surface area contributed by atoms with Crippen LogP contribution in [0.25, 0.3) is 6.08 Å². The van der Waals surface area contributed by atoms with Crippen LogP contribution in [0.1, 0.15) is 24.1 Å². The van der Waals surface area contributed by atoms with Gasteiger partial charge >= 0.3 is 0 Å². The van der Waals surface area contributed by atoms with Gasteiger partial charge in [0.05, 0.1) is 20.3 Å². The molecular weight excluding hydrogens is 346 g/mol. The summed E-state index contributed by atoms with van der Waals surface area (Å²) in [4.78, 5) is 12.3. The molecule has 0 aromatic heterocycles. The standard InChI is InChI=1S/C21H23NO5/c1-14(17-13-16(24-2)6-8-18(17)25-3)22-21(23)9-5-15-4-7-19-20(12-15)27-11-10-26-19/h4-9,12-14H,10-11H2,1-3H3,(H,22,23)/b9-5+/t14-/m0/s1. The van der Waals surface area contributed by atoms with E-state index in [9.17, 15) is 4.79 Å². The number of carbonyl (C=O) groups excluding carboxylic acids is 1. The Morgan fingerprint density at radius 1 is 1.07 bits per heavy atom. The zero-order valence-corrected chi connectivity index (χ0v) is 15.7. The average Bonchev–Trinajstić information content (AvgIpc) is 2.71. The Morgan fingerprint density at radius 2 is 1.85 bits per heavy atom. The third kappa shape index (κ3) is 4.53. The van der Waals surface area contributed by atoms with Crippen LogP contribution in [0.5, 0.6) is 23.0 Å². The lowest BCUT2D eigenvalue weighted by Crippen LogP contribution is -2.25. The molecule has 27 heavy (non-hydrogen) atoms. The highest BCUT2D eigenvalue weighted by molar-refractivity contribution is 5.92. The minimum Gasteiger partial charge on any atom is -0.497 e. The molecule has 0 unspecified atom stereocenters. The summed E-state index contributed by atoms with van der Waals surface area (Å²) in [6, 6.07) is 10.8. The van der Waals surface area contributed by atoms with Gasteiger partial charge in [0.25, 0.3) is 0 Å². The quantitative estimate of drug-likeness (QED) is 0.791. The third-order valence-corrected chi connectivity index (χ3v) is 4.26. The van der Waals surface area contributed by atoms with Gasteiger partial charge in [0.2, 0.25) is 5.91 Å². The molecule has 0 fully saturated rings. The second-order valence-electron chi connectivity index (χ2n) is 6.07. The van der Waals surface area contributed by atoms with Crippen LogP contribution < -0.4 is 24.3 Å². The molecule has 6 nitrogen and oxygen atoms in total. The first-order chi connectivity index (χ1) is 13.1. The molecular formula is C21H23NO5. The van der Waals surface area contributed by atoms with Crippen molar-refractivity contribution in [3.63, 3.8) is 0 Å². The molecule has 1 heterocycles. The summed E-state index contributed by atoms with van der Waals surface area (Å²) in [7, 11) is 3.20. The lowest BCUT2D eigenvalue weighted by Gasteiger charge is -2.18. The molecule has 1 aliphatic rings. The smallest absolute Gasteiger partial charge is 0.244 e. The average molecular weight is 369 g/mol. The Morgan fingerprint density at radius 3 is 2.59 bits per heavy atom. The summed E-state index contributed by atoms with van der Waals surface area (Å²) in [6.45, 7) is 2.98. The number of methoxy groups -OCH3 is 2. The van der Waals surface area contributed by atoms with E-state index in [0.29, 0.717) is 30.5 Å². The molecule has 0 aliphatic carbocycles. The van der Waals surface area contributed by atoms with E-state index < -0.39 is 0 Å². The lowest BCUT2D eigenvalue weighted by molar-refractivity contribution is -0.117. The maximum absolute atomic E-state index is 12.3. The van der Waals surface area contributed by atoms with E-state index >= 15 is 0 Å². The third-order valence-electron chi connectivity index (χ3n) is 4.26. The van der Waals surface area contributed by atoms with E-state index in [-0.39, 0.29) is 11.9 Å². The van der Waals surface area contributed by atoms with E-state index in [2.05, 4.69) is 5.32 Å². The van der Waals surface area contributed by atoms with Crippen molar-refractivity contribution in [1.82, 2.24) is 5.32 Å². The van der Waals surface area contributed by atoms with Crippen molar-refractivity contribution >= 4 is 12.0 Å². The van der Waals surface area contributed by atoms with Crippen LogP contribution in [-0.2, 0) is 4.79 Å². The second-order valence-corrected chi connectivity index (χ2v) is 6.07. The fourth-order valence-electron chi connectivity index (χ4n) is 2.85. The van der Waals surface area contributed by atoms with Crippen LogP contribution in [0.15, 0.2) is 42.5 Å². The lowest BCUT2D eigenvalue weighted by atomic mass is 10.1. The molecule has 2 aromatic rings. The molecule has 0 saturated carbocycles. The molecule has 0 radical (unpaired) electrons. The van der Waals surface area contributed by atoms with Crippen molar-refractivity contribution in [2.75, 3.05) is 27.4 Å². The molecule has 0 spiro atoms. The number of hydrogen-bond acceptors (Lipinski definition) is 5. The summed E-state index contributed by atoms with van der Waals surface area (Å²) in [5, 5.41) is 2.94. The molecule has 142 valence electrons. The summed E-state index contributed by atoms with van der Waals surface area (Å²) in [5.41, 5.74) is 1.71. The molecule has 2 aromatic carbocycles. The van der Waals surface area contributed by atoms with E-state index in [4.69, 9.17) is 18.9 Å². The van der Waals surface area contributed by atoms with Gasteiger partial charge in [0.1, 0.15) is 24.7 Å². The minimum atomic E-state index is -0.243. The van der Waals surface area contributed by atoms with E-state index in [1.54, 1.807) is 20.3 Å². The summed E-state index contributed by atoms with van der Waals surface area (Å²) >= 11 is 0. The molecule has 0 bridgehead atoms. The summed E-state index contributed by atoms with van der Waals surface area (Å²) < 4.78 is 21.7. The normalized spacial score (nSPS) is 13.9. The fraction of sp³-hybridized carbons (Fsp3) is 0.286. The maximum Gasteiger partial charge on any atom is 0.244 e. The number of amides is 1. The van der Waals surface area contributed by atoms with Crippen molar-refractivity contribution in [3.8, 4) is 23.0 Å². The summed E-state index contributed by atoms with van der Waals surface area (Å²) in [5.74, 6) is 2.61. The highest BCUT2D eigenvalue weighted by atomic mass is 16.6. The molecule has 1 amide bonds. The number of carbonyl (C=O) groups is 1. The van der Waals surface area contributed by atoms with Crippen LogP contribution in [0.4, 0.5) is 0 Å². The molecule has 1 atom stereocenters. The molecule has 6 heteroatoms. The van der Waals surface area contributed by atoms with Crippen LogP contribution in [0, 0.1) is 0 Å². The SMILES string of the molecule is COc1ccc(OC)c([C@H](C)NC(=O)/C=C/c2ccc3c(c2)OCCO3)c1. The van der Waals surface area contributed by atoms with Crippen LogP contribution >= 0.6 is 0 Å². The number of fused-ring (bicyclic) bond motifs is 1. The number of ether oxygens (including phenoxy) is 4. The topological polar surface area (TPSA) is 66.0 Å². The van der Waals surface area contributed by atoms with Crippen molar-refractivity contribution in [2.45, 2.75) is 13.0 Å². The van der Waals surface area contributed by atoms with Gasteiger partial charge in [-0.25, -0.2) is 0 Å². The van der Waals surface area contributed by atoms with Gasteiger partial charge in [-0.05, 0) is 48.9 Å². The van der Waals surface area contributed by atoms with Crippen LogP contribution in [0.2, 0.25) is 0 Å². The van der Waals surface area contributed by atoms with E-state index in [0.717, 1.165) is 16.9 Å². The Bertz CT molecular complexity index is 846. The molecule has 1 aliphatic heterocycles. The maximum atomic E-state index is 12.3. The van der Waals surface area contributed by atoms with Crippen LogP contribution in [-0.4, -0.2) is 33.3 Å². The van der Waals surface area contributed by atoms with Crippen molar-refractivity contribution in [1.29, 1.82) is 0 Å². The molecule has 0 saturated heterocycles. The first-order valence-corrected chi connectivity index (χ1v) is 8.71. The first kappa shape index (κ1) is 18.6. The zero-order valence-electron chi connectivity index (χ0n) is 15.7. The minimum absolute atomic E-state index is 0.206. The molecule has 1 N–H and O–H groups in total. The largest absolute Gasteiger partial charge is 0.497 e. The number of benzene rings is 2. The fourth-order valence-corrected chi connectivity index (χ4v) is 2.85. The van der Waals surface area contributed by atoms with Gasteiger partial charge in [0.15, 0.2) is 11.5 Å². The van der Waals surface area contributed by atoms with Crippen molar-refractivity contribution < 1.29 is 23.7 Å². The van der Waals surface area contributed by atoms with Crippen molar-refractivity contribution in [3.05, 3.63) is 53.6 Å². The Labute approximate surface area is 158 Å². The van der Waals surface area contributed by atoms with Crippen LogP contribution in [0.3, 0.4) is 0 Å². The number of rotatable bonds is 6. The zero-order chi connectivity index (χ0) is 19.2. The highest BCUT2D eigenvalue weighted by Gasteiger charge is 2.15. The Balaban J connectivity index is 1.67. The van der Waals surface area contributed by atoms with Gasteiger partial charge in [-0.1, -0.05) is 6.07 Å². The van der Waals surface area contributed by atoms with E-state index in [1.807, 2.05) is 43.3 Å². The monoisotopic (exact) mass is 369 g/mol. The predicted molar refractivity (Wildman–Crippen MR) is 103 cm³/mol. The van der Waals surface area contributed by atoms with Crippen molar-refractivity contribution in [2.24, 2.45) is 0 Å². The van der Waals surface area contributed by atoms with Gasteiger partial charge < -0.3 is 24.3 Å². The van der Waals surface area contributed by atoms with Gasteiger partial charge in [-0.3, -0.25) is 4.79 Å². The van der Waals surface area contributed by atoms with Gasteiger partial charge in [-0.2, -0.15) is 0 Å². The Hall–Kier alpha value is -3.15. The number of hydrogen-bond donors (Lipinski definition) is 1. The number of nitrogens with one attached hydrogen (secondary N) is 1. The summed E-state index contributed by atoms with van der Waals surface area (Å²) in [6.07, 6.45) is 3.23. The predicted octanol–water partition coefficient (Wildman–Crippen LogP) is 3.37. The first-order valence-electron chi connectivity index (χ1n) is 8.71. The van der Waals surface area contributed by atoms with Gasteiger partial charge in [0, 0.05) is 11.6 Å². The highest BCUT2D eigenvalue weighted by Crippen LogP contribution is 2.31. The van der Waals surface area contributed by atoms with E-state index in [1.165, 1.54) is 6.08 Å².